The zero-order valence-electron chi connectivity index (χ0n) is 19.7. The number of nitrogens with one attached hydrogen (secondary N) is 1. The van der Waals surface area contributed by atoms with Crippen LogP contribution >= 0.6 is 11.8 Å². The Kier molecular flexibility index (Phi) is 11.2. The largest absolute Gasteiger partial charge is 0.497 e. The normalized spacial score (nSPS) is 11.6. The molecule has 6 heteroatoms. The van der Waals surface area contributed by atoms with Crippen molar-refractivity contribution >= 4 is 23.6 Å². The monoisotopic (exact) mass is 456 g/mol. The SMILES string of the molecule is CCCCNC(=O)[C@H](CC)N(Cc1cccc(OC)c1)C(=O)CCSc1ccc(C)cc1. The Bertz CT molecular complexity index is 854. The average Bonchev–Trinajstić information content (AvgIpc) is 2.80. The van der Waals surface area contributed by atoms with Gasteiger partial charge in [-0.1, -0.05) is 50.1 Å². The van der Waals surface area contributed by atoms with Crippen molar-refractivity contribution in [3.8, 4) is 5.75 Å². The molecule has 0 saturated heterocycles. The number of aryl methyl sites for hydroxylation is 1. The smallest absolute Gasteiger partial charge is 0.242 e. The van der Waals surface area contributed by atoms with Gasteiger partial charge < -0.3 is 15.0 Å². The molecule has 0 saturated carbocycles. The molecule has 1 atom stereocenters. The summed E-state index contributed by atoms with van der Waals surface area (Å²) in [5.41, 5.74) is 2.17. The molecule has 0 fully saturated rings. The molecule has 0 bridgehead atoms. The molecule has 0 heterocycles. The number of hydrogen-bond donors (Lipinski definition) is 1. The predicted molar refractivity (Wildman–Crippen MR) is 132 cm³/mol. The van der Waals surface area contributed by atoms with E-state index in [0.717, 1.165) is 29.1 Å². The maximum Gasteiger partial charge on any atom is 0.242 e. The second-order valence-corrected chi connectivity index (χ2v) is 9.02. The third kappa shape index (κ3) is 8.23. The Morgan fingerprint density at radius 1 is 1.12 bits per heavy atom. The summed E-state index contributed by atoms with van der Waals surface area (Å²) in [5, 5.41) is 3.00. The van der Waals surface area contributed by atoms with Gasteiger partial charge in [-0.15, -0.1) is 11.8 Å². The van der Waals surface area contributed by atoms with Crippen LogP contribution in [0.15, 0.2) is 53.4 Å². The number of unbranched alkanes of at least 4 members (excludes halogenated alkanes) is 1. The molecule has 2 aromatic rings. The van der Waals surface area contributed by atoms with Crippen molar-refractivity contribution in [2.45, 2.75) is 63.9 Å². The Balaban J connectivity index is 2.12. The first-order chi connectivity index (χ1) is 15.5. The lowest BCUT2D eigenvalue weighted by atomic mass is 10.1. The number of methoxy groups -OCH3 is 1. The molecule has 0 radical (unpaired) electrons. The number of rotatable bonds is 13. The van der Waals surface area contributed by atoms with Crippen LogP contribution in [0.2, 0.25) is 0 Å². The summed E-state index contributed by atoms with van der Waals surface area (Å²) in [4.78, 5) is 29.1. The summed E-state index contributed by atoms with van der Waals surface area (Å²) < 4.78 is 5.33. The highest BCUT2D eigenvalue weighted by Gasteiger charge is 2.28. The van der Waals surface area contributed by atoms with E-state index in [2.05, 4.69) is 43.4 Å². The molecule has 0 aliphatic carbocycles. The van der Waals surface area contributed by atoms with Crippen molar-refractivity contribution in [2.24, 2.45) is 0 Å². The summed E-state index contributed by atoms with van der Waals surface area (Å²) in [6, 6.07) is 15.5. The zero-order chi connectivity index (χ0) is 23.3. The standard InChI is InChI=1S/C26H36N2O3S/c1-5-7-16-27-26(30)24(6-2)28(19-21-9-8-10-22(18-21)31-4)25(29)15-17-32-23-13-11-20(3)12-14-23/h8-14,18,24H,5-7,15-17,19H2,1-4H3,(H,27,30)/t24-/m0/s1. The van der Waals surface area contributed by atoms with Crippen LogP contribution in [0.5, 0.6) is 5.75 Å². The number of hydrogen-bond acceptors (Lipinski definition) is 4. The minimum absolute atomic E-state index is 0.00933. The third-order valence-electron chi connectivity index (χ3n) is 5.31. The van der Waals surface area contributed by atoms with Gasteiger partial charge >= 0.3 is 0 Å². The van der Waals surface area contributed by atoms with Crippen LogP contribution in [0.4, 0.5) is 0 Å². The van der Waals surface area contributed by atoms with Gasteiger partial charge in [0.2, 0.25) is 11.8 Å². The van der Waals surface area contributed by atoms with Crippen molar-refractivity contribution in [2.75, 3.05) is 19.4 Å². The lowest BCUT2D eigenvalue weighted by Crippen LogP contribution is -2.49. The first-order valence-corrected chi connectivity index (χ1v) is 12.4. The van der Waals surface area contributed by atoms with Crippen LogP contribution in [0.3, 0.4) is 0 Å². The van der Waals surface area contributed by atoms with Crippen LogP contribution < -0.4 is 10.1 Å². The van der Waals surface area contributed by atoms with Gasteiger partial charge in [0.15, 0.2) is 0 Å². The van der Waals surface area contributed by atoms with Gasteiger partial charge in [0.25, 0.3) is 0 Å². The van der Waals surface area contributed by atoms with E-state index in [1.165, 1.54) is 5.56 Å². The van der Waals surface area contributed by atoms with Crippen LogP contribution in [-0.2, 0) is 16.1 Å². The molecule has 32 heavy (non-hydrogen) atoms. The van der Waals surface area contributed by atoms with Gasteiger partial charge in [-0.2, -0.15) is 0 Å². The van der Waals surface area contributed by atoms with E-state index in [1.54, 1.807) is 23.8 Å². The molecule has 0 aliphatic rings. The highest BCUT2D eigenvalue weighted by atomic mass is 32.2. The molecule has 5 nitrogen and oxygen atoms in total. The van der Waals surface area contributed by atoms with Crippen LogP contribution in [0.1, 0.15) is 50.7 Å². The Morgan fingerprint density at radius 3 is 2.53 bits per heavy atom. The predicted octanol–water partition coefficient (Wildman–Crippen LogP) is 5.21. The molecule has 1 N–H and O–H groups in total. The van der Waals surface area contributed by atoms with Crippen LogP contribution in [0, 0.1) is 6.92 Å². The first kappa shape index (κ1) is 25.8. The van der Waals surface area contributed by atoms with E-state index >= 15 is 0 Å². The van der Waals surface area contributed by atoms with Gasteiger partial charge in [-0.05, 0) is 49.6 Å². The second kappa shape index (κ2) is 13.8. The molecular formula is C26H36N2O3S. The molecular weight excluding hydrogens is 420 g/mol. The van der Waals surface area contributed by atoms with Crippen LogP contribution in [0.25, 0.3) is 0 Å². The topological polar surface area (TPSA) is 58.6 Å². The maximum atomic E-state index is 13.3. The van der Waals surface area contributed by atoms with Gasteiger partial charge in [0, 0.05) is 30.2 Å². The summed E-state index contributed by atoms with van der Waals surface area (Å²) in [6.07, 6.45) is 2.89. The van der Waals surface area contributed by atoms with Gasteiger partial charge in [-0.25, -0.2) is 0 Å². The van der Waals surface area contributed by atoms with Crippen molar-refractivity contribution in [1.82, 2.24) is 10.2 Å². The van der Waals surface area contributed by atoms with Crippen molar-refractivity contribution in [3.05, 3.63) is 59.7 Å². The molecule has 2 aromatic carbocycles. The molecule has 0 aliphatic heterocycles. The number of benzene rings is 2. The quantitative estimate of drug-likeness (QED) is 0.332. The number of ether oxygens (including phenoxy) is 1. The van der Waals surface area contributed by atoms with E-state index in [0.29, 0.717) is 31.7 Å². The van der Waals surface area contributed by atoms with E-state index in [1.807, 2.05) is 31.2 Å². The average molecular weight is 457 g/mol. The van der Waals surface area contributed by atoms with E-state index in [-0.39, 0.29) is 11.8 Å². The summed E-state index contributed by atoms with van der Waals surface area (Å²) in [5.74, 6) is 1.32. The fourth-order valence-electron chi connectivity index (χ4n) is 3.43. The third-order valence-corrected chi connectivity index (χ3v) is 6.32. The lowest BCUT2D eigenvalue weighted by Gasteiger charge is -2.31. The maximum absolute atomic E-state index is 13.3. The van der Waals surface area contributed by atoms with Crippen LogP contribution in [-0.4, -0.2) is 42.2 Å². The van der Waals surface area contributed by atoms with Gasteiger partial charge in [0.05, 0.1) is 7.11 Å². The fourth-order valence-corrected chi connectivity index (χ4v) is 4.27. The lowest BCUT2D eigenvalue weighted by molar-refractivity contribution is -0.141. The molecule has 0 aromatic heterocycles. The van der Waals surface area contributed by atoms with Crippen molar-refractivity contribution < 1.29 is 14.3 Å². The minimum atomic E-state index is -0.491. The number of carbonyl (C=O) groups is 2. The van der Waals surface area contributed by atoms with Gasteiger partial charge in [-0.3, -0.25) is 9.59 Å². The Labute approximate surface area is 196 Å². The number of carbonyl (C=O) groups excluding carboxylic acids is 2. The fraction of sp³-hybridized carbons (Fsp3) is 0.462. The van der Waals surface area contributed by atoms with Crippen molar-refractivity contribution in [3.63, 3.8) is 0 Å². The molecule has 0 spiro atoms. The molecule has 174 valence electrons. The summed E-state index contributed by atoms with van der Waals surface area (Å²) in [6.45, 7) is 7.12. The molecule has 0 unspecified atom stereocenters. The highest BCUT2D eigenvalue weighted by molar-refractivity contribution is 7.99. The highest BCUT2D eigenvalue weighted by Crippen LogP contribution is 2.22. The van der Waals surface area contributed by atoms with Crippen molar-refractivity contribution in [1.29, 1.82) is 0 Å². The summed E-state index contributed by atoms with van der Waals surface area (Å²) >= 11 is 1.66. The van der Waals surface area contributed by atoms with E-state index < -0.39 is 6.04 Å². The second-order valence-electron chi connectivity index (χ2n) is 7.85. The van der Waals surface area contributed by atoms with E-state index in [4.69, 9.17) is 4.74 Å². The number of thioether (sulfide) groups is 1. The molecule has 2 rings (SSSR count). The molecule has 2 amide bonds. The Hall–Kier alpha value is -2.47. The zero-order valence-corrected chi connectivity index (χ0v) is 20.5. The van der Waals surface area contributed by atoms with E-state index in [9.17, 15) is 9.59 Å². The summed E-state index contributed by atoms with van der Waals surface area (Å²) in [7, 11) is 1.63. The Morgan fingerprint density at radius 2 is 1.88 bits per heavy atom. The first-order valence-electron chi connectivity index (χ1n) is 11.4. The number of amides is 2. The van der Waals surface area contributed by atoms with Gasteiger partial charge in [0.1, 0.15) is 11.8 Å². The number of nitrogens with zero attached hydrogens (tertiary/aromatic N) is 1. The minimum Gasteiger partial charge on any atom is -0.497 e.